The van der Waals surface area contributed by atoms with Gasteiger partial charge in [-0.25, -0.2) is 9.78 Å². The van der Waals surface area contributed by atoms with Gasteiger partial charge in [0.2, 0.25) is 0 Å². The van der Waals surface area contributed by atoms with Gasteiger partial charge < -0.3 is 16.0 Å². The molecule has 0 aliphatic carbocycles. The number of urea groups is 1. The van der Waals surface area contributed by atoms with Crippen LogP contribution < -0.4 is 16.0 Å². The molecule has 0 saturated heterocycles. The predicted octanol–water partition coefficient (Wildman–Crippen LogP) is 2.46. The Morgan fingerprint density at radius 2 is 2.12 bits per heavy atom. The molecule has 126 valence electrons. The Morgan fingerprint density at radius 3 is 2.96 bits per heavy atom. The second kappa shape index (κ2) is 6.36. The van der Waals surface area contributed by atoms with Crippen LogP contribution in [0.1, 0.15) is 15.9 Å². The summed E-state index contributed by atoms with van der Waals surface area (Å²) in [4.78, 5) is 28.5. The summed E-state index contributed by atoms with van der Waals surface area (Å²) < 4.78 is 0. The molecule has 0 saturated carbocycles. The van der Waals surface area contributed by atoms with Gasteiger partial charge >= 0.3 is 6.03 Å². The van der Waals surface area contributed by atoms with Crippen LogP contribution in [-0.2, 0) is 6.42 Å². The fourth-order valence-electron chi connectivity index (χ4n) is 2.75. The first kappa shape index (κ1) is 15.3. The molecule has 3 amide bonds. The fraction of sp³-hybridized carbons (Fsp3) is 0.125. The molecule has 0 atom stereocenters. The van der Waals surface area contributed by atoms with Crippen molar-refractivity contribution >= 4 is 34.6 Å². The van der Waals surface area contributed by atoms with Crippen LogP contribution in [0.2, 0.25) is 0 Å². The highest BCUT2D eigenvalue weighted by molar-refractivity contribution is 7.13. The van der Waals surface area contributed by atoms with Gasteiger partial charge in [0, 0.05) is 29.4 Å². The van der Waals surface area contributed by atoms with E-state index in [1.807, 2.05) is 5.38 Å². The lowest BCUT2D eigenvalue weighted by molar-refractivity contribution is 0.0946. The number of fused-ring (bicyclic) bond motifs is 1. The summed E-state index contributed by atoms with van der Waals surface area (Å²) in [5.74, 6) is -0.119. The zero-order valence-electron chi connectivity index (χ0n) is 13.0. The van der Waals surface area contributed by atoms with Gasteiger partial charge in [-0.05, 0) is 24.1 Å². The molecule has 1 aliphatic rings. The molecule has 1 aliphatic heterocycles. The first-order valence-electron chi connectivity index (χ1n) is 7.63. The largest absolute Gasteiger partial charge is 0.352 e. The molecule has 0 bridgehead atoms. The number of thiazole rings is 1. The normalized spacial score (nSPS) is 13.0. The third kappa shape index (κ3) is 2.96. The zero-order chi connectivity index (χ0) is 17.2. The number of amides is 3. The molecule has 3 aromatic rings. The second-order valence-electron chi connectivity index (χ2n) is 5.41. The number of hydrogen-bond acceptors (Lipinski definition) is 5. The van der Waals surface area contributed by atoms with Gasteiger partial charge in [-0.15, -0.1) is 11.3 Å². The summed E-state index contributed by atoms with van der Waals surface area (Å²) in [5, 5.41) is 17.8. The third-order valence-electron chi connectivity index (χ3n) is 3.86. The van der Waals surface area contributed by atoms with Crippen LogP contribution in [0.3, 0.4) is 0 Å². The molecular formula is C16H14N6O2S. The molecule has 8 nitrogen and oxygen atoms in total. The number of aromatic nitrogens is 3. The van der Waals surface area contributed by atoms with Crippen molar-refractivity contribution in [2.45, 2.75) is 6.42 Å². The van der Waals surface area contributed by atoms with Gasteiger partial charge in [0.25, 0.3) is 5.91 Å². The van der Waals surface area contributed by atoms with Crippen LogP contribution in [0.4, 0.5) is 16.2 Å². The zero-order valence-corrected chi connectivity index (χ0v) is 13.8. The number of anilines is 2. The van der Waals surface area contributed by atoms with Gasteiger partial charge in [-0.3, -0.25) is 9.89 Å². The Kier molecular flexibility index (Phi) is 3.90. The molecular weight excluding hydrogens is 340 g/mol. The van der Waals surface area contributed by atoms with Crippen molar-refractivity contribution in [1.82, 2.24) is 20.5 Å². The quantitative estimate of drug-likeness (QED) is 0.579. The minimum absolute atomic E-state index is 0.119. The molecule has 4 N–H and O–H groups in total. The Balaban J connectivity index is 1.54. The van der Waals surface area contributed by atoms with Crippen molar-refractivity contribution in [3.8, 4) is 10.7 Å². The van der Waals surface area contributed by atoms with Gasteiger partial charge in [-0.2, -0.15) is 5.10 Å². The maximum atomic E-state index is 12.4. The van der Waals surface area contributed by atoms with Crippen LogP contribution in [0.5, 0.6) is 0 Å². The van der Waals surface area contributed by atoms with E-state index in [1.54, 1.807) is 24.4 Å². The minimum Gasteiger partial charge on any atom is -0.352 e. The van der Waals surface area contributed by atoms with Crippen LogP contribution in [0.25, 0.3) is 10.7 Å². The molecule has 25 heavy (non-hydrogen) atoms. The molecule has 3 heterocycles. The number of H-pyrrole nitrogens is 1. The lowest BCUT2D eigenvalue weighted by Gasteiger charge is -2.20. The maximum absolute atomic E-state index is 12.4. The molecule has 0 unspecified atom stereocenters. The van der Waals surface area contributed by atoms with E-state index in [0.717, 1.165) is 10.6 Å². The van der Waals surface area contributed by atoms with Gasteiger partial charge in [-0.1, -0.05) is 6.07 Å². The lowest BCUT2D eigenvalue weighted by atomic mass is 9.98. The SMILES string of the molecule is O=C(Nc1cn[nH]c1-c1nccs1)Nc1cccc2c1CCNC2=O. The molecule has 2 aromatic heterocycles. The maximum Gasteiger partial charge on any atom is 0.323 e. The molecule has 4 rings (SSSR count). The van der Waals surface area contributed by atoms with E-state index in [2.05, 4.69) is 31.1 Å². The van der Waals surface area contributed by atoms with E-state index in [-0.39, 0.29) is 5.91 Å². The topological polar surface area (TPSA) is 112 Å². The highest BCUT2D eigenvalue weighted by atomic mass is 32.1. The van der Waals surface area contributed by atoms with Crippen molar-refractivity contribution in [3.63, 3.8) is 0 Å². The van der Waals surface area contributed by atoms with Crippen molar-refractivity contribution in [2.75, 3.05) is 17.2 Å². The Morgan fingerprint density at radius 1 is 1.24 bits per heavy atom. The number of carbonyl (C=O) groups is 2. The standard InChI is InChI=1S/C16H14N6O2S/c23-14-10-2-1-3-11(9(10)4-5-17-14)20-16(24)21-12-8-19-22-13(12)15-18-6-7-25-15/h1-3,6-8H,4-5H2,(H,17,23)(H,19,22)(H2,20,21,24). The van der Waals surface area contributed by atoms with Crippen molar-refractivity contribution < 1.29 is 9.59 Å². The first-order valence-corrected chi connectivity index (χ1v) is 8.51. The van der Waals surface area contributed by atoms with E-state index >= 15 is 0 Å². The average molecular weight is 354 g/mol. The number of hydrogen-bond donors (Lipinski definition) is 4. The number of carbonyl (C=O) groups excluding carboxylic acids is 2. The molecule has 0 radical (unpaired) electrons. The summed E-state index contributed by atoms with van der Waals surface area (Å²) >= 11 is 1.45. The summed E-state index contributed by atoms with van der Waals surface area (Å²) in [6.45, 7) is 0.558. The van der Waals surface area contributed by atoms with Crippen molar-refractivity contribution in [1.29, 1.82) is 0 Å². The Labute approximate surface area is 146 Å². The first-order chi connectivity index (χ1) is 12.2. The van der Waals surface area contributed by atoms with E-state index in [1.165, 1.54) is 17.5 Å². The number of aromatic amines is 1. The smallest absolute Gasteiger partial charge is 0.323 e. The predicted molar refractivity (Wildman–Crippen MR) is 94.8 cm³/mol. The number of nitrogens with zero attached hydrogens (tertiary/aromatic N) is 2. The number of rotatable bonds is 3. The molecule has 0 fully saturated rings. The molecule has 9 heteroatoms. The minimum atomic E-state index is -0.404. The van der Waals surface area contributed by atoms with Crippen LogP contribution in [0, 0.1) is 0 Å². The van der Waals surface area contributed by atoms with Crippen LogP contribution >= 0.6 is 11.3 Å². The highest BCUT2D eigenvalue weighted by Gasteiger charge is 2.20. The van der Waals surface area contributed by atoms with Crippen LogP contribution in [-0.4, -0.2) is 33.7 Å². The van der Waals surface area contributed by atoms with Gasteiger partial charge in [0.05, 0.1) is 11.9 Å². The highest BCUT2D eigenvalue weighted by Crippen LogP contribution is 2.27. The van der Waals surface area contributed by atoms with E-state index < -0.39 is 6.03 Å². The van der Waals surface area contributed by atoms with E-state index in [0.29, 0.717) is 35.6 Å². The summed E-state index contributed by atoms with van der Waals surface area (Å²) in [5.41, 5.74) is 3.25. The third-order valence-corrected chi connectivity index (χ3v) is 4.65. The van der Waals surface area contributed by atoms with E-state index in [9.17, 15) is 9.59 Å². The number of nitrogens with one attached hydrogen (secondary N) is 4. The second-order valence-corrected chi connectivity index (χ2v) is 6.31. The summed E-state index contributed by atoms with van der Waals surface area (Å²) in [6.07, 6.45) is 3.89. The van der Waals surface area contributed by atoms with Crippen molar-refractivity contribution in [2.24, 2.45) is 0 Å². The molecule has 1 aromatic carbocycles. The number of benzene rings is 1. The Hall–Kier alpha value is -3.20. The summed E-state index contributed by atoms with van der Waals surface area (Å²) in [6, 6.07) is 4.88. The molecule has 0 spiro atoms. The monoisotopic (exact) mass is 354 g/mol. The summed E-state index contributed by atoms with van der Waals surface area (Å²) in [7, 11) is 0. The lowest BCUT2D eigenvalue weighted by Crippen LogP contribution is -2.32. The van der Waals surface area contributed by atoms with Gasteiger partial charge in [0.15, 0.2) is 0 Å². The fourth-order valence-corrected chi connectivity index (χ4v) is 3.39. The van der Waals surface area contributed by atoms with Crippen molar-refractivity contribution in [3.05, 3.63) is 47.1 Å². The van der Waals surface area contributed by atoms with Crippen LogP contribution in [0.15, 0.2) is 36.0 Å². The van der Waals surface area contributed by atoms with E-state index in [4.69, 9.17) is 0 Å². The van der Waals surface area contributed by atoms with Gasteiger partial charge in [0.1, 0.15) is 10.7 Å². The average Bonchev–Trinajstić information content (AvgIpc) is 3.27. The Bertz CT molecular complexity index is 934.